The SMILES string of the molecule is CCCn1c(CCNC(=O)c2ccc(OC(C)C)cc2)nc2ccccc21. The molecule has 0 saturated heterocycles. The lowest BCUT2D eigenvalue weighted by Gasteiger charge is -2.11. The number of aryl methyl sites for hydroxylation is 1. The summed E-state index contributed by atoms with van der Waals surface area (Å²) in [5.41, 5.74) is 2.79. The van der Waals surface area contributed by atoms with E-state index in [1.165, 1.54) is 0 Å². The van der Waals surface area contributed by atoms with Gasteiger partial charge >= 0.3 is 0 Å². The number of hydrogen-bond donors (Lipinski definition) is 1. The Morgan fingerprint density at radius 2 is 1.89 bits per heavy atom. The minimum Gasteiger partial charge on any atom is -0.491 e. The summed E-state index contributed by atoms with van der Waals surface area (Å²) in [5.74, 6) is 1.71. The summed E-state index contributed by atoms with van der Waals surface area (Å²) in [6, 6.07) is 15.4. The highest BCUT2D eigenvalue weighted by atomic mass is 16.5. The van der Waals surface area contributed by atoms with Gasteiger partial charge in [-0.1, -0.05) is 19.1 Å². The number of nitrogens with one attached hydrogen (secondary N) is 1. The van der Waals surface area contributed by atoms with Crippen molar-refractivity contribution >= 4 is 16.9 Å². The number of rotatable bonds is 8. The van der Waals surface area contributed by atoms with Crippen LogP contribution in [0.1, 0.15) is 43.4 Å². The third-order valence-corrected chi connectivity index (χ3v) is 4.30. The van der Waals surface area contributed by atoms with Gasteiger partial charge in [0, 0.05) is 25.1 Å². The summed E-state index contributed by atoms with van der Waals surface area (Å²) >= 11 is 0. The highest BCUT2D eigenvalue weighted by molar-refractivity contribution is 5.94. The summed E-state index contributed by atoms with van der Waals surface area (Å²) in [7, 11) is 0. The normalized spacial score (nSPS) is 11.1. The molecule has 3 aromatic rings. The van der Waals surface area contributed by atoms with Gasteiger partial charge in [-0.25, -0.2) is 4.98 Å². The maximum Gasteiger partial charge on any atom is 0.251 e. The lowest BCUT2D eigenvalue weighted by Crippen LogP contribution is -2.26. The molecule has 2 aromatic carbocycles. The second-order valence-corrected chi connectivity index (χ2v) is 6.87. The molecule has 27 heavy (non-hydrogen) atoms. The Kier molecular flexibility index (Phi) is 6.12. The fourth-order valence-corrected chi connectivity index (χ4v) is 3.14. The number of amides is 1. The molecule has 0 aliphatic rings. The number of para-hydroxylation sites is 2. The van der Waals surface area contributed by atoms with Gasteiger partial charge in [-0.05, 0) is 56.7 Å². The van der Waals surface area contributed by atoms with Crippen LogP contribution in [0.15, 0.2) is 48.5 Å². The smallest absolute Gasteiger partial charge is 0.251 e. The molecular formula is C22H27N3O2. The zero-order chi connectivity index (χ0) is 19.2. The van der Waals surface area contributed by atoms with Gasteiger partial charge in [0.25, 0.3) is 5.91 Å². The number of hydrogen-bond acceptors (Lipinski definition) is 3. The van der Waals surface area contributed by atoms with Crippen molar-refractivity contribution in [2.45, 2.75) is 46.3 Å². The maximum atomic E-state index is 12.4. The van der Waals surface area contributed by atoms with Crippen molar-refractivity contribution in [2.75, 3.05) is 6.54 Å². The van der Waals surface area contributed by atoms with Crippen molar-refractivity contribution in [3.63, 3.8) is 0 Å². The maximum absolute atomic E-state index is 12.4. The standard InChI is InChI=1S/C22H27N3O2/c1-4-15-25-20-8-6-5-7-19(20)24-21(25)13-14-23-22(26)17-9-11-18(12-10-17)27-16(2)3/h5-12,16H,4,13-15H2,1-3H3,(H,23,26). The fraction of sp³-hybridized carbons (Fsp3) is 0.364. The Morgan fingerprint density at radius 3 is 2.59 bits per heavy atom. The van der Waals surface area contributed by atoms with Crippen LogP contribution in [-0.2, 0) is 13.0 Å². The molecule has 5 heteroatoms. The first-order valence-electron chi connectivity index (χ1n) is 9.57. The summed E-state index contributed by atoms with van der Waals surface area (Å²) < 4.78 is 7.86. The van der Waals surface area contributed by atoms with Crippen LogP contribution in [0.5, 0.6) is 5.75 Å². The van der Waals surface area contributed by atoms with Crippen LogP contribution in [0.25, 0.3) is 11.0 Å². The van der Waals surface area contributed by atoms with Crippen LogP contribution in [0.4, 0.5) is 0 Å². The van der Waals surface area contributed by atoms with Gasteiger partial charge in [-0.3, -0.25) is 4.79 Å². The van der Waals surface area contributed by atoms with Crippen molar-refractivity contribution in [1.82, 2.24) is 14.9 Å². The van der Waals surface area contributed by atoms with Gasteiger partial charge in [0.1, 0.15) is 11.6 Å². The second-order valence-electron chi connectivity index (χ2n) is 6.87. The number of aromatic nitrogens is 2. The van der Waals surface area contributed by atoms with E-state index in [-0.39, 0.29) is 12.0 Å². The number of carbonyl (C=O) groups excluding carboxylic acids is 1. The van der Waals surface area contributed by atoms with E-state index in [4.69, 9.17) is 9.72 Å². The molecule has 3 rings (SSSR count). The van der Waals surface area contributed by atoms with E-state index in [1.807, 2.05) is 44.2 Å². The van der Waals surface area contributed by atoms with Gasteiger partial charge in [0.15, 0.2) is 0 Å². The lowest BCUT2D eigenvalue weighted by atomic mass is 10.2. The van der Waals surface area contributed by atoms with Crippen molar-refractivity contribution in [2.24, 2.45) is 0 Å². The molecule has 0 unspecified atom stereocenters. The molecule has 0 bridgehead atoms. The minimum absolute atomic E-state index is 0.0794. The van der Waals surface area contributed by atoms with Crippen LogP contribution in [0, 0.1) is 0 Å². The molecule has 0 atom stereocenters. The Hall–Kier alpha value is -2.82. The Balaban J connectivity index is 1.61. The molecule has 5 nitrogen and oxygen atoms in total. The molecule has 0 aliphatic heterocycles. The van der Waals surface area contributed by atoms with Crippen LogP contribution in [0.2, 0.25) is 0 Å². The molecule has 1 aromatic heterocycles. The third kappa shape index (κ3) is 4.67. The van der Waals surface area contributed by atoms with Gasteiger partial charge in [0.05, 0.1) is 17.1 Å². The van der Waals surface area contributed by atoms with E-state index in [9.17, 15) is 4.79 Å². The van der Waals surface area contributed by atoms with Crippen molar-refractivity contribution in [1.29, 1.82) is 0 Å². The number of imidazole rings is 1. The molecule has 0 spiro atoms. The number of ether oxygens (including phenoxy) is 1. The predicted molar refractivity (Wildman–Crippen MR) is 108 cm³/mol. The van der Waals surface area contributed by atoms with Crippen LogP contribution >= 0.6 is 0 Å². The van der Waals surface area contributed by atoms with E-state index in [2.05, 4.69) is 22.9 Å². The third-order valence-electron chi connectivity index (χ3n) is 4.30. The lowest BCUT2D eigenvalue weighted by molar-refractivity contribution is 0.0954. The molecule has 1 amide bonds. The number of nitrogens with zero attached hydrogens (tertiary/aromatic N) is 2. The molecular weight excluding hydrogens is 338 g/mol. The number of carbonyl (C=O) groups is 1. The molecule has 142 valence electrons. The molecule has 1 heterocycles. The van der Waals surface area contributed by atoms with Crippen LogP contribution in [-0.4, -0.2) is 28.1 Å². The Bertz CT molecular complexity index is 898. The van der Waals surface area contributed by atoms with E-state index < -0.39 is 0 Å². The number of fused-ring (bicyclic) bond motifs is 1. The summed E-state index contributed by atoms with van der Waals surface area (Å²) in [6.45, 7) is 7.60. The molecule has 0 fully saturated rings. The quantitative estimate of drug-likeness (QED) is 0.651. The average Bonchev–Trinajstić information content (AvgIpc) is 3.00. The van der Waals surface area contributed by atoms with E-state index in [0.717, 1.165) is 35.6 Å². The summed E-state index contributed by atoms with van der Waals surface area (Å²) in [5, 5.41) is 2.99. The van der Waals surface area contributed by atoms with E-state index in [0.29, 0.717) is 18.5 Å². The topological polar surface area (TPSA) is 56.2 Å². The van der Waals surface area contributed by atoms with Crippen molar-refractivity contribution in [3.05, 3.63) is 59.9 Å². The number of benzene rings is 2. The van der Waals surface area contributed by atoms with Gasteiger partial charge < -0.3 is 14.6 Å². The van der Waals surface area contributed by atoms with Crippen molar-refractivity contribution < 1.29 is 9.53 Å². The second kappa shape index (κ2) is 8.71. The van der Waals surface area contributed by atoms with Gasteiger partial charge in [-0.15, -0.1) is 0 Å². The van der Waals surface area contributed by atoms with Crippen molar-refractivity contribution in [3.8, 4) is 5.75 Å². The van der Waals surface area contributed by atoms with Gasteiger partial charge in [0.2, 0.25) is 0 Å². The molecule has 0 aliphatic carbocycles. The van der Waals surface area contributed by atoms with E-state index in [1.54, 1.807) is 12.1 Å². The first kappa shape index (κ1) is 19.0. The van der Waals surface area contributed by atoms with Crippen LogP contribution < -0.4 is 10.1 Å². The van der Waals surface area contributed by atoms with Crippen LogP contribution in [0.3, 0.4) is 0 Å². The zero-order valence-corrected chi connectivity index (χ0v) is 16.2. The Morgan fingerprint density at radius 1 is 1.15 bits per heavy atom. The van der Waals surface area contributed by atoms with E-state index >= 15 is 0 Å². The fourth-order valence-electron chi connectivity index (χ4n) is 3.14. The summed E-state index contributed by atoms with van der Waals surface area (Å²) in [6.07, 6.45) is 1.87. The highest BCUT2D eigenvalue weighted by Gasteiger charge is 2.11. The largest absolute Gasteiger partial charge is 0.491 e. The minimum atomic E-state index is -0.0794. The first-order valence-corrected chi connectivity index (χ1v) is 9.57. The highest BCUT2D eigenvalue weighted by Crippen LogP contribution is 2.17. The monoisotopic (exact) mass is 365 g/mol. The zero-order valence-electron chi connectivity index (χ0n) is 16.2. The van der Waals surface area contributed by atoms with Gasteiger partial charge in [-0.2, -0.15) is 0 Å². The first-order chi connectivity index (χ1) is 13.1. The molecule has 0 radical (unpaired) electrons. The average molecular weight is 365 g/mol. The predicted octanol–water partition coefficient (Wildman–Crippen LogP) is 4.21. The molecule has 1 N–H and O–H groups in total. The summed E-state index contributed by atoms with van der Waals surface area (Å²) in [4.78, 5) is 17.1. The Labute approximate surface area is 160 Å². The molecule has 0 saturated carbocycles.